The van der Waals surface area contributed by atoms with Gasteiger partial charge in [-0.3, -0.25) is 0 Å². The first-order valence-electron chi connectivity index (χ1n) is 5.24. The molecule has 1 atom stereocenters. The Kier molecular flexibility index (Phi) is 2.82. The molecule has 0 aliphatic heterocycles. The molecule has 0 unspecified atom stereocenters. The first-order valence-corrected chi connectivity index (χ1v) is 5.24. The molecular weight excluding hydrogens is 190 g/mol. The van der Waals surface area contributed by atoms with Crippen LogP contribution in [0.5, 0.6) is 11.5 Å². The van der Waals surface area contributed by atoms with Gasteiger partial charge in [-0.1, -0.05) is 6.07 Å². The van der Waals surface area contributed by atoms with Gasteiger partial charge in [-0.2, -0.15) is 0 Å². The molecule has 1 fully saturated rings. The Labute approximate surface area is 90.2 Å². The zero-order chi connectivity index (χ0) is 10.8. The number of ether oxygens (including phenoxy) is 2. The van der Waals surface area contributed by atoms with Crippen molar-refractivity contribution in [2.24, 2.45) is 11.7 Å². The summed E-state index contributed by atoms with van der Waals surface area (Å²) in [4.78, 5) is 0. The fourth-order valence-electron chi connectivity index (χ4n) is 1.90. The van der Waals surface area contributed by atoms with Crippen molar-refractivity contribution in [1.29, 1.82) is 0 Å². The van der Waals surface area contributed by atoms with Crippen molar-refractivity contribution in [3.63, 3.8) is 0 Å². The van der Waals surface area contributed by atoms with Crippen LogP contribution in [0.25, 0.3) is 0 Å². The second kappa shape index (κ2) is 4.11. The minimum absolute atomic E-state index is 0.0381. The summed E-state index contributed by atoms with van der Waals surface area (Å²) in [5.74, 6) is 2.25. The number of nitrogens with two attached hydrogens (primary N) is 1. The molecule has 15 heavy (non-hydrogen) atoms. The smallest absolute Gasteiger partial charge is 0.127 e. The highest BCUT2D eigenvalue weighted by Crippen LogP contribution is 2.45. The molecule has 0 bridgehead atoms. The van der Waals surface area contributed by atoms with Gasteiger partial charge in [0.15, 0.2) is 0 Å². The van der Waals surface area contributed by atoms with E-state index in [2.05, 4.69) is 0 Å². The van der Waals surface area contributed by atoms with E-state index in [1.165, 1.54) is 12.8 Å². The summed E-state index contributed by atoms with van der Waals surface area (Å²) in [7, 11) is 3.33. The zero-order valence-electron chi connectivity index (χ0n) is 9.19. The molecule has 3 nitrogen and oxygen atoms in total. The summed E-state index contributed by atoms with van der Waals surface area (Å²) >= 11 is 0. The molecular formula is C12H17NO2. The van der Waals surface area contributed by atoms with Gasteiger partial charge in [0.1, 0.15) is 11.5 Å². The minimum atomic E-state index is 0.0381. The Hall–Kier alpha value is -1.22. The van der Waals surface area contributed by atoms with Crippen molar-refractivity contribution in [3.05, 3.63) is 23.8 Å². The Morgan fingerprint density at radius 1 is 1.20 bits per heavy atom. The van der Waals surface area contributed by atoms with Crippen LogP contribution < -0.4 is 15.2 Å². The van der Waals surface area contributed by atoms with Crippen LogP contribution >= 0.6 is 0 Å². The summed E-state index contributed by atoms with van der Waals surface area (Å²) in [5, 5.41) is 0. The molecule has 2 rings (SSSR count). The lowest BCUT2D eigenvalue weighted by atomic mass is 10.0. The van der Waals surface area contributed by atoms with E-state index in [4.69, 9.17) is 15.2 Å². The first kappa shape index (κ1) is 10.3. The van der Waals surface area contributed by atoms with Crippen LogP contribution in [-0.2, 0) is 0 Å². The highest BCUT2D eigenvalue weighted by molar-refractivity contribution is 5.47. The third-order valence-corrected chi connectivity index (χ3v) is 2.93. The average Bonchev–Trinajstić information content (AvgIpc) is 3.10. The summed E-state index contributed by atoms with van der Waals surface area (Å²) in [6.45, 7) is 0. The van der Waals surface area contributed by atoms with Crippen LogP contribution in [0.2, 0.25) is 0 Å². The van der Waals surface area contributed by atoms with Gasteiger partial charge in [0.05, 0.1) is 19.8 Å². The SMILES string of the molecule is COc1cccc(OC)c1[C@@H](N)C1CC1. The second-order valence-corrected chi connectivity index (χ2v) is 3.94. The van der Waals surface area contributed by atoms with Gasteiger partial charge in [0.2, 0.25) is 0 Å². The van der Waals surface area contributed by atoms with Crippen LogP contribution in [-0.4, -0.2) is 14.2 Å². The highest BCUT2D eigenvalue weighted by Gasteiger charge is 2.33. The molecule has 3 heteroatoms. The van der Waals surface area contributed by atoms with E-state index in [1.54, 1.807) is 14.2 Å². The number of hydrogen-bond donors (Lipinski definition) is 1. The molecule has 1 aromatic carbocycles. The van der Waals surface area contributed by atoms with Crippen LogP contribution in [0.1, 0.15) is 24.4 Å². The lowest BCUT2D eigenvalue weighted by Crippen LogP contribution is -2.14. The Balaban J connectivity index is 2.39. The van der Waals surface area contributed by atoms with Crippen molar-refractivity contribution >= 4 is 0 Å². The molecule has 0 heterocycles. The number of hydrogen-bond acceptors (Lipinski definition) is 3. The van der Waals surface area contributed by atoms with Gasteiger partial charge >= 0.3 is 0 Å². The Morgan fingerprint density at radius 2 is 1.73 bits per heavy atom. The van der Waals surface area contributed by atoms with Gasteiger partial charge < -0.3 is 15.2 Å². The highest BCUT2D eigenvalue weighted by atomic mass is 16.5. The van der Waals surface area contributed by atoms with Gasteiger partial charge in [0, 0.05) is 6.04 Å². The minimum Gasteiger partial charge on any atom is -0.496 e. The maximum absolute atomic E-state index is 6.19. The predicted molar refractivity (Wildman–Crippen MR) is 59.2 cm³/mol. The van der Waals surface area contributed by atoms with Crippen LogP contribution in [0.15, 0.2) is 18.2 Å². The summed E-state index contributed by atoms with van der Waals surface area (Å²) in [6.07, 6.45) is 2.42. The molecule has 1 saturated carbocycles. The van der Waals surface area contributed by atoms with E-state index >= 15 is 0 Å². The molecule has 1 aliphatic carbocycles. The van der Waals surface area contributed by atoms with Crippen molar-refractivity contribution in [2.45, 2.75) is 18.9 Å². The Bertz CT molecular complexity index is 325. The zero-order valence-corrected chi connectivity index (χ0v) is 9.19. The van der Waals surface area contributed by atoms with Crippen molar-refractivity contribution in [3.8, 4) is 11.5 Å². The lowest BCUT2D eigenvalue weighted by Gasteiger charge is -2.18. The van der Waals surface area contributed by atoms with Crippen LogP contribution in [0.4, 0.5) is 0 Å². The molecule has 82 valence electrons. The van der Waals surface area contributed by atoms with E-state index in [0.717, 1.165) is 17.1 Å². The van der Waals surface area contributed by atoms with Gasteiger partial charge in [-0.25, -0.2) is 0 Å². The molecule has 0 radical (unpaired) electrons. The topological polar surface area (TPSA) is 44.5 Å². The van der Waals surface area contributed by atoms with E-state index in [1.807, 2.05) is 18.2 Å². The lowest BCUT2D eigenvalue weighted by molar-refractivity contribution is 0.375. The molecule has 0 spiro atoms. The van der Waals surface area contributed by atoms with Crippen molar-refractivity contribution < 1.29 is 9.47 Å². The maximum Gasteiger partial charge on any atom is 0.127 e. The van der Waals surface area contributed by atoms with Crippen LogP contribution in [0.3, 0.4) is 0 Å². The first-order chi connectivity index (χ1) is 7.27. The number of rotatable bonds is 4. The summed E-state index contributed by atoms with van der Waals surface area (Å²) in [5.41, 5.74) is 7.20. The number of methoxy groups -OCH3 is 2. The standard InChI is InChI=1S/C12H17NO2/c1-14-9-4-3-5-10(15-2)11(9)12(13)8-6-7-8/h3-5,8,12H,6-7,13H2,1-2H3/t12-/m0/s1. The second-order valence-electron chi connectivity index (χ2n) is 3.94. The van der Waals surface area contributed by atoms with E-state index in [9.17, 15) is 0 Å². The van der Waals surface area contributed by atoms with Crippen molar-refractivity contribution in [1.82, 2.24) is 0 Å². The van der Waals surface area contributed by atoms with Crippen molar-refractivity contribution in [2.75, 3.05) is 14.2 Å². The largest absolute Gasteiger partial charge is 0.496 e. The Morgan fingerprint density at radius 3 is 2.13 bits per heavy atom. The maximum atomic E-state index is 6.19. The summed E-state index contributed by atoms with van der Waals surface area (Å²) < 4.78 is 10.7. The fourth-order valence-corrected chi connectivity index (χ4v) is 1.90. The third-order valence-electron chi connectivity index (χ3n) is 2.93. The molecule has 1 aromatic rings. The van der Waals surface area contributed by atoms with E-state index < -0.39 is 0 Å². The molecule has 2 N–H and O–H groups in total. The molecule has 0 amide bonds. The molecule has 0 aromatic heterocycles. The summed E-state index contributed by atoms with van der Waals surface area (Å²) in [6, 6.07) is 5.82. The molecule has 0 saturated heterocycles. The monoisotopic (exact) mass is 207 g/mol. The quantitative estimate of drug-likeness (QED) is 0.822. The predicted octanol–water partition coefficient (Wildman–Crippen LogP) is 2.11. The van der Waals surface area contributed by atoms with Crippen LogP contribution in [0, 0.1) is 5.92 Å². The number of benzene rings is 1. The van der Waals surface area contributed by atoms with E-state index in [0.29, 0.717) is 5.92 Å². The van der Waals surface area contributed by atoms with E-state index in [-0.39, 0.29) is 6.04 Å². The fraction of sp³-hybridized carbons (Fsp3) is 0.500. The van der Waals surface area contributed by atoms with Gasteiger partial charge in [-0.15, -0.1) is 0 Å². The average molecular weight is 207 g/mol. The van der Waals surface area contributed by atoms with Gasteiger partial charge in [0.25, 0.3) is 0 Å². The molecule has 1 aliphatic rings. The third kappa shape index (κ3) is 1.92. The normalized spacial score (nSPS) is 17.3. The van der Waals surface area contributed by atoms with Gasteiger partial charge in [-0.05, 0) is 30.9 Å².